The van der Waals surface area contributed by atoms with Gasteiger partial charge >= 0.3 is 35.8 Å². The summed E-state index contributed by atoms with van der Waals surface area (Å²) in [4.78, 5) is 72.2. The minimum absolute atomic E-state index is 0.0306. The maximum Gasteiger partial charge on any atom is 0.346 e. The second-order valence-electron chi connectivity index (χ2n) is 10.6. The van der Waals surface area contributed by atoms with Crippen LogP contribution in [-0.2, 0) is 18.9 Å². The monoisotopic (exact) mass is 520 g/mol. The van der Waals surface area contributed by atoms with Gasteiger partial charge in [-0.1, -0.05) is 20.8 Å². The van der Waals surface area contributed by atoms with Gasteiger partial charge in [-0.3, -0.25) is 0 Å². The topological polar surface area (TPSA) is 139 Å². The number of carbonyl (C=O) groups excluding carboxylic acids is 6. The molecule has 2 aliphatic heterocycles. The van der Waals surface area contributed by atoms with Crippen LogP contribution in [0.5, 0.6) is 0 Å². The van der Waals surface area contributed by atoms with Crippen molar-refractivity contribution < 1.29 is 47.7 Å². The summed E-state index contributed by atoms with van der Waals surface area (Å²) in [6, 6.07) is 8.16. The molecule has 0 radical (unpaired) electrons. The van der Waals surface area contributed by atoms with E-state index in [4.69, 9.17) is 9.47 Å². The summed E-state index contributed by atoms with van der Waals surface area (Å²) in [7, 11) is 0. The molecule has 0 unspecified atom stereocenters. The highest BCUT2D eigenvalue weighted by Crippen LogP contribution is 2.56. The van der Waals surface area contributed by atoms with Gasteiger partial charge in [-0.05, 0) is 60.6 Å². The number of cyclic esters (lactones) is 4. The molecule has 1 fully saturated rings. The molecule has 0 saturated heterocycles. The van der Waals surface area contributed by atoms with Gasteiger partial charge in [0.15, 0.2) is 0 Å². The third kappa shape index (κ3) is 4.06. The second kappa shape index (κ2) is 8.90. The predicted octanol–water partition coefficient (Wildman–Crippen LogP) is 3.76. The van der Waals surface area contributed by atoms with Crippen LogP contribution in [0.2, 0.25) is 0 Å². The Balaban J connectivity index is 1.20. The molecule has 1 aliphatic carbocycles. The van der Waals surface area contributed by atoms with Crippen LogP contribution >= 0.6 is 0 Å². The average molecular weight is 520 g/mol. The van der Waals surface area contributed by atoms with Crippen molar-refractivity contribution in [3.8, 4) is 0 Å². The molecule has 0 bridgehead atoms. The van der Waals surface area contributed by atoms with Gasteiger partial charge in [-0.2, -0.15) is 0 Å². The molecule has 0 amide bonds. The number of esters is 6. The summed E-state index contributed by atoms with van der Waals surface area (Å²) < 4.78 is 20.3. The highest BCUT2D eigenvalue weighted by molar-refractivity contribution is 6.16. The molecule has 1 saturated carbocycles. The Bertz CT molecular complexity index is 1440. The van der Waals surface area contributed by atoms with Gasteiger partial charge in [0, 0.05) is 5.41 Å². The fourth-order valence-corrected chi connectivity index (χ4v) is 5.21. The summed E-state index contributed by atoms with van der Waals surface area (Å²) in [5.41, 5.74) is -0.234. The number of rotatable bonds is 6. The first-order valence-electron chi connectivity index (χ1n) is 12.1. The third-order valence-corrected chi connectivity index (χ3v) is 8.32. The second-order valence-corrected chi connectivity index (χ2v) is 10.6. The highest BCUT2D eigenvalue weighted by Gasteiger charge is 2.52. The van der Waals surface area contributed by atoms with E-state index in [-0.39, 0.29) is 57.9 Å². The van der Waals surface area contributed by atoms with E-state index in [9.17, 15) is 28.8 Å². The van der Waals surface area contributed by atoms with Crippen molar-refractivity contribution in [2.24, 2.45) is 16.7 Å². The van der Waals surface area contributed by atoms with Gasteiger partial charge in [0.1, 0.15) is 0 Å². The molecule has 0 N–H and O–H groups in total. The Kier molecular flexibility index (Phi) is 5.93. The maximum absolute atomic E-state index is 12.7. The lowest BCUT2D eigenvalue weighted by atomic mass is 9.66. The van der Waals surface area contributed by atoms with Crippen molar-refractivity contribution in [3.05, 3.63) is 69.8 Å². The molecule has 2 aromatic rings. The number of carbonyl (C=O) groups is 6. The van der Waals surface area contributed by atoms with Crippen LogP contribution in [0.15, 0.2) is 36.4 Å². The summed E-state index contributed by atoms with van der Waals surface area (Å²) >= 11 is 0. The molecular formula is C28H24O10. The Morgan fingerprint density at radius 1 is 0.763 bits per heavy atom. The van der Waals surface area contributed by atoms with Crippen LogP contribution in [0.25, 0.3) is 0 Å². The van der Waals surface area contributed by atoms with Gasteiger partial charge in [0.05, 0.1) is 46.6 Å². The lowest BCUT2D eigenvalue weighted by Crippen LogP contribution is -2.40. The van der Waals surface area contributed by atoms with Gasteiger partial charge in [0.25, 0.3) is 0 Å². The zero-order valence-corrected chi connectivity index (χ0v) is 21.0. The van der Waals surface area contributed by atoms with Crippen LogP contribution in [0, 0.1) is 16.7 Å². The fraction of sp³-hybridized carbons (Fsp3) is 0.357. The molecule has 3 aliphatic rings. The molecule has 0 aromatic heterocycles. The Morgan fingerprint density at radius 3 is 1.76 bits per heavy atom. The van der Waals surface area contributed by atoms with Crippen molar-refractivity contribution in [2.45, 2.75) is 33.6 Å². The SMILES string of the molecule is CC1(C)[C@@H](COC(=O)c2ccc3c(c2)C(=O)OC3=O)CC[C@@]1(C)COC(=O)c1ccc2c(c1)C(=O)OC2=O. The van der Waals surface area contributed by atoms with Crippen LogP contribution in [0.4, 0.5) is 0 Å². The summed E-state index contributed by atoms with van der Waals surface area (Å²) in [5, 5.41) is 0. The van der Waals surface area contributed by atoms with E-state index in [1.807, 2.05) is 20.8 Å². The molecule has 38 heavy (non-hydrogen) atoms. The van der Waals surface area contributed by atoms with Crippen LogP contribution in [-0.4, -0.2) is 49.0 Å². The quantitative estimate of drug-likeness (QED) is 0.314. The molecule has 2 atom stereocenters. The number of ether oxygens (including phenoxy) is 4. The lowest BCUT2D eigenvalue weighted by Gasteiger charge is -2.41. The average Bonchev–Trinajstić information content (AvgIpc) is 3.43. The van der Waals surface area contributed by atoms with E-state index in [0.717, 1.165) is 6.42 Å². The molecule has 10 heteroatoms. The molecular weight excluding hydrogens is 496 g/mol. The summed E-state index contributed by atoms with van der Waals surface area (Å²) in [5.74, 6) is -4.36. The van der Waals surface area contributed by atoms with E-state index >= 15 is 0 Å². The minimum atomic E-state index is -0.797. The van der Waals surface area contributed by atoms with Gasteiger partial charge in [0.2, 0.25) is 0 Å². The van der Waals surface area contributed by atoms with E-state index in [1.54, 1.807) is 0 Å². The third-order valence-electron chi connectivity index (χ3n) is 8.32. The summed E-state index contributed by atoms with van der Waals surface area (Å²) in [6.45, 7) is 6.28. The van der Waals surface area contributed by atoms with Gasteiger partial charge < -0.3 is 18.9 Å². The molecule has 0 spiro atoms. The van der Waals surface area contributed by atoms with Crippen molar-refractivity contribution >= 4 is 35.8 Å². The zero-order valence-electron chi connectivity index (χ0n) is 21.0. The smallest absolute Gasteiger partial charge is 0.346 e. The van der Waals surface area contributed by atoms with Crippen molar-refractivity contribution in [1.29, 1.82) is 0 Å². The van der Waals surface area contributed by atoms with Crippen LogP contribution in [0.1, 0.15) is 95.8 Å². The van der Waals surface area contributed by atoms with Gasteiger partial charge in [-0.25, -0.2) is 28.8 Å². The summed E-state index contributed by atoms with van der Waals surface area (Å²) in [6.07, 6.45) is 1.44. The van der Waals surface area contributed by atoms with Crippen LogP contribution in [0.3, 0.4) is 0 Å². The largest absolute Gasteiger partial charge is 0.462 e. The first kappa shape index (κ1) is 25.3. The van der Waals surface area contributed by atoms with E-state index in [0.29, 0.717) is 6.42 Å². The minimum Gasteiger partial charge on any atom is -0.462 e. The molecule has 5 rings (SSSR count). The number of hydrogen-bond acceptors (Lipinski definition) is 10. The van der Waals surface area contributed by atoms with E-state index < -0.39 is 41.2 Å². The Labute approximate surface area is 217 Å². The number of fused-ring (bicyclic) bond motifs is 2. The van der Waals surface area contributed by atoms with E-state index in [2.05, 4.69) is 9.47 Å². The molecule has 2 aromatic carbocycles. The number of hydrogen-bond donors (Lipinski definition) is 0. The molecule has 10 nitrogen and oxygen atoms in total. The predicted molar refractivity (Wildman–Crippen MR) is 128 cm³/mol. The molecule has 196 valence electrons. The van der Waals surface area contributed by atoms with Crippen LogP contribution < -0.4 is 0 Å². The van der Waals surface area contributed by atoms with Crippen molar-refractivity contribution in [2.75, 3.05) is 13.2 Å². The zero-order chi connectivity index (χ0) is 27.4. The normalized spacial score (nSPS) is 23.0. The maximum atomic E-state index is 12.7. The fourth-order valence-electron chi connectivity index (χ4n) is 5.21. The highest BCUT2D eigenvalue weighted by atomic mass is 16.6. The first-order chi connectivity index (χ1) is 17.9. The van der Waals surface area contributed by atoms with E-state index in [1.165, 1.54) is 36.4 Å². The van der Waals surface area contributed by atoms with Crippen molar-refractivity contribution in [3.63, 3.8) is 0 Å². The standard InChI is InChI=1S/C28H24O10/c1-27(2)16(12-35-21(29)14-4-6-17-19(10-14)25(33)37-23(17)31)8-9-28(27,3)13-36-22(30)15-5-7-18-20(11-15)26(34)38-24(18)32/h4-7,10-11,16H,8-9,12-13H2,1-3H3/t16-,28+/m1/s1. The molecule has 2 heterocycles. The lowest BCUT2D eigenvalue weighted by molar-refractivity contribution is -0.0176. The first-order valence-corrected chi connectivity index (χ1v) is 12.1. The van der Waals surface area contributed by atoms with Gasteiger partial charge in [-0.15, -0.1) is 0 Å². The van der Waals surface area contributed by atoms with Crippen molar-refractivity contribution in [1.82, 2.24) is 0 Å². The number of benzene rings is 2. The Morgan fingerprint density at radius 2 is 1.24 bits per heavy atom. The Hall–Kier alpha value is -4.34.